The maximum atomic E-state index is 11.9. The third kappa shape index (κ3) is 4.44. The van der Waals surface area contributed by atoms with Crippen molar-refractivity contribution >= 4 is 46.6 Å². The Morgan fingerprint density at radius 2 is 1.65 bits per heavy atom. The first-order valence-electron chi connectivity index (χ1n) is 6.08. The monoisotopic (exact) mass is 325 g/mol. The lowest BCUT2D eigenvalue weighted by Gasteiger charge is -2.08. The molecule has 0 heterocycles. The predicted molar refractivity (Wildman–Crippen MR) is 86.9 cm³/mol. The summed E-state index contributed by atoms with van der Waals surface area (Å²) >= 11 is 13.6. The Kier molecular flexibility index (Phi) is 5.77. The Hall–Kier alpha value is -1.16. The van der Waals surface area contributed by atoms with Crippen molar-refractivity contribution < 1.29 is 4.79 Å². The van der Waals surface area contributed by atoms with Gasteiger partial charge in [-0.2, -0.15) is 0 Å². The summed E-state index contributed by atoms with van der Waals surface area (Å²) in [5, 5.41) is 3.64. The molecule has 0 aromatic heterocycles. The molecule has 20 heavy (non-hydrogen) atoms. The number of anilines is 1. The number of benzene rings is 2. The number of nitrogens with one attached hydrogen (secondary N) is 1. The van der Waals surface area contributed by atoms with Crippen molar-refractivity contribution in [2.45, 2.75) is 11.3 Å². The molecular formula is C15H13Cl2NOS. The Bertz CT molecular complexity index is 569. The number of halogens is 2. The van der Waals surface area contributed by atoms with Gasteiger partial charge in [0.15, 0.2) is 0 Å². The molecule has 0 aliphatic rings. The van der Waals surface area contributed by atoms with E-state index in [0.717, 1.165) is 4.90 Å². The van der Waals surface area contributed by atoms with Crippen molar-refractivity contribution in [2.75, 3.05) is 11.1 Å². The van der Waals surface area contributed by atoms with E-state index in [-0.39, 0.29) is 5.91 Å². The van der Waals surface area contributed by atoms with Crippen LogP contribution >= 0.6 is 35.0 Å². The van der Waals surface area contributed by atoms with Gasteiger partial charge in [-0.15, -0.1) is 11.8 Å². The van der Waals surface area contributed by atoms with E-state index in [2.05, 4.69) is 5.32 Å². The summed E-state index contributed by atoms with van der Waals surface area (Å²) in [4.78, 5) is 13.0. The number of para-hydroxylation sites is 1. The first-order valence-corrected chi connectivity index (χ1v) is 7.82. The minimum atomic E-state index is -0.0940. The molecule has 0 bridgehead atoms. The van der Waals surface area contributed by atoms with E-state index in [1.165, 1.54) is 0 Å². The molecule has 2 aromatic rings. The van der Waals surface area contributed by atoms with E-state index in [1.54, 1.807) is 30.0 Å². The molecule has 0 radical (unpaired) electrons. The average molecular weight is 326 g/mol. The molecule has 2 nitrogen and oxygen atoms in total. The van der Waals surface area contributed by atoms with Crippen molar-refractivity contribution in [1.29, 1.82) is 0 Å². The van der Waals surface area contributed by atoms with Crippen LogP contribution in [-0.4, -0.2) is 11.7 Å². The van der Waals surface area contributed by atoms with E-state index in [9.17, 15) is 4.79 Å². The summed E-state index contributed by atoms with van der Waals surface area (Å²) in [5.74, 6) is 0.612. The first-order chi connectivity index (χ1) is 9.66. The van der Waals surface area contributed by atoms with Crippen LogP contribution in [-0.2, 0) is 4.79 Å². The van der Waals surface area contributed by atoms with Gasteiger partial charge < -0.3 is 5.32 Å². The number of carbonyl (C=O) groups is 1. The molecule has 0 fully saturated rings. The Morgan fingerprint density at radius 3 is 2.30 bits per heavy atom. The van der Waals surface area contributed by atoms with Crippen molar-refractivity contribution in [3.8, 4) is 0 Å². The molecule has 0 spiro atoms. The largest absolute Gasteiger partial charge is 0.324 e. The SMILES string of the molecule is O=C(CCSc1ccccc1)Nc1c(Cl)cccc1Cl. The molecule has 2 rings (SSSR count). The summed E-state index contributed by atoms with van der Waals surface area (Å²) in [6.07, 6.45) is 0.404. The zero-order valence-electron chi connectivity index (χ0n) is 10.6. The van der Waals surface area contributed by atoms with E-state index >= 15 is 0 Å². The van der Waals surface area contributed by atoms with E-state index in [0.29, 0.717) is 27.9 Å². The molecule has 5 heteroatoms. The normalized spacial score (nSPS) is 10.3. The maximum Gasteiger partial charge on any atom is 0.225 e. The zero-order chi connectivity index (χ0) is 14.4. The number of hydrogen-bond acceptors (Lipinski definition) is 2. The lowest BCUT2D eigenvalue weighted by Crippen LogP contribution is -2.12. The summed E-state index contributed by atoms with van der Waals surface area (Å²) in [5.41, 5.74) is 0.477. The Morgan fingerprint density at radius 1 is 1.00 bits per heavy atom. The molecule has 2 aromatic carbocycles. The van der Waals surface area contributed by atoms with Gasteiger partial charge in [0, 0.05) is 17.1 Å². The van der Waals surface area contributed by atoms with Gasteiger partial charge >= 0.3 is 0 Å². The van der Waals surface area contributed by atoms with Crippen molar-refractivity contribution in [1.82, 2.24) is 0 Å². The highest BCUT2D eigenvalue weighted by Crippen LogP contribution is 2.30. The average Bonchev–Trinajstić information content (AvgIpc) is 2.44. The van der Waals surface area contributed by atoms with Gasteiger partial charge in [-0.05, 0) is 24.3 Å². The summed E-state index contributed by atoms with van der Waals surface area (Å²) in [6, 6.07) is 15.1. The fraction of sp³-hybridized carbons (Fsp3) is 0.133. The molecule has 0 saturated heterocycles. The van der Waals surface area contributed by atoms with Crippen LogP contribution in [0.3, 0.4) is 0 Å². The number of rotatable bonds is 5. The predicted octanol–water partition coefficient (Wildman–Crippen LogP) is 5.11. The molecule has 0 aliphatic carbocycles. The second-order valence-corrected chi connectivity index (χ2v) is 6.04. The van der Waals surface area contributed by atoms with Gasteiger partial charge in [-0.3, -0.25) is 4.79 Å². The van der Waals surface area contributed by atoms with Crippen LogP contribution in [0, 0.1) is 0 Å². The van der Waals surface area contributed by atoms with Gasteiger partial charge in [-0.1, -0.05) is 47.5 Å². The van der Waals surface area contributed by atoms with E-state index in [4.69, 9.17) is 23.2 Å². The van der Waals surface area contributed by atoms with Crippen LogP contribution in [0.4, 0.5) is 5.69 Å². The van der Waals surface area contributed by atoms with E-state index in [1.807, 2.05) is 30.3 Å². The van der Waals surface area contributed by atoms with Crippen LogP contribution in [0.25, 0.3) is 0 Å². The molecule has 104 valence electrons. The van der Waals surface area contributed by atoms with Gasteiger partial charge in [0.2, 0.25) is 5.91 Å². The lowest BCUT2D eigenvalue weighted by atomic mass is 10.3. The van der Waals surface area contributed by atoms with Crippen LogP contribution in [0.1, 0.15) is 6.42 Å². The Labute approximate surface area is 132 Å². The first kappa shape index (κ1) is 15.2. The highest BCUT2D eigenvalue weighted by Gasteiger charge is 2.09. The highest BCUT2D eigenvalue weighted by molar-refractivity contribution is 7.99. The van der Waals surface area contributed by atoms with Crippen LogP contribution < -0.4 is 5.32 Å². The topological polar surface area (TPSA) is 29.1 Å². The fourth-order valence-electron chi connectivity index (χ4n) is 1.60. The van der Waals surface area contributed by atoms with Gasteiger partial charge in [0.05, 0.1) is 15.7 Å². The van der Waals surface area contributed by atoms with Crippen LogP contribution in [0.15, 0.2) is 53.4 Å². The molecule has 0 unspecified atom stereocenters. The van der Waals surface area contributed by atoms with Crippen LogP contribution in [0.2, 0.25) is 10.0 Å². The standard InChI is InChI=1S/C15H13Cl2NOS/c16-12-7-4-8-13(17)15(12)18-14(19)9-10-20-11-5-2-1-3-6-11/h1-8H,9-10H2,(H,18,19). The van der Waals surface area contributed by atoms with Crippen molar-refractivity contribution in [3.05, 3.63) is 58.6 Å². The minimum absolute atomic E-state index is 0.0940. The molecular weight excluding hydrogens is 313 g/mol. The Balaban J connectivity index is 1.84. The third-order valence-corrected chi connectivity index (χ3v) is 4.21. The summed E-state index contributed by atoms with van der Waals surface area (Å²) in [6.45, 7) is 0. The van der Waals surface area contributed by atoms with Gasteiger partial charge in [0.25, 0.3) is 0 Å². The highest BCUT2D eigenvalue weighted by atomic mass is 35.5. The number of hydrogen-bond donors (Lipinski definition) is 1. The second kappa shape index (κ2) is 7.58. The lowest BCUT2D eigenvalue weighted by molar-refractivity contribution is -0.115. The van der Waals surface area contributed by atoms with Gasteiger partial charge in [-0.25, -0.2) is 0 Å². The van der Waals surface area contributed by atoms with E-state index < -0.39 is 0 Å². The molecule has 0 saturated carbocycles. The second-order valence-electron chi connectivity index (χ2n) is 4.06. The van der Waals surface area contributed by atoms with Crippen molar-refractivity contribution in [2.24, 2.45) is 0 Å². The summed E-state index contributed by atoms with van der Waals surface area (Å²) in [7, 11) is 0. The minimum Gasteiger partial charge on any atom is -0.324 e. The smallest absolute Gasteiger partial charge is 0.225 e. The van der Waals surface area contributed by atoms with Crippen molar-refractivity contribution in [3.63, 3.8) is 0 Å². The van der Waals surface area contributed by atoms with Gasteiger partial charge in [0.1, 0.15) is 0 Å². The quantitative estimate of drug-likeness (QED) is 0.773. The zero-order valence-corrected chi connectivity index (χ0v) is 12.9. The maximum absolute atomic E-state index is 11.9. The molecule has 1 N–H and O–H groups in total. The number of carbonyl (C=O) groups excluding carboxylic acids is 1. The van der Waals surface area contributed by atoms with Crippen LogP contribution in [0.5, 0.6) is 0 Å². The number of amides is 1. The molecule has 0 atom stereocenters. The molecule has 0 aliphatic heterocycles. The molecule has 1 amide bonds. The third-order valence-electron chi connectivity index (χ3n) is 2.57. The summed E-state index contributed by atoms with van der Waals surface area (Å²) < 4.78 is 0. The fourth-order valence-corrected chi connectivity index (χ4v) is 2.96. The number of thioether (sulfide) groups is 1.